The fourth-order valence-corrected chi connectivity index (χ4v) is 3.41. The lowest BCUT2D eigenvalue weighted by atomic mass is 10.1. The fourth-order valence-electron chi connectivity index (χ4n) is 3.41. The molecule has 0 bridgehead atoms. The number of unbranched alkanes of at least 4 members (excludes halogenated alkanes) is 11. The second kappa shape index (κ2) is 12.7. The molecular weight excluding hydrogens is 242 g/mol. The van der Waals surface area contributed by atoms with Gasteiger partial charge in [-0.25, -0.2) is 0 Å². The lowest BCUT2D eigenvalue weighted by Crippen LogP contribution is -2.21. The molecule has 0 radical (unpaired) electrons. The van der Waals surface area contributed by atoms with E-state index in [2.05, 4.69) is 18.7 Å². The van der Waals surface area contributed by atoms with Gasteiger partial charge in [-0.1, -0.05) is 84.5 Å². The number of likely N-dealkylation sites (tertiary alicyclic amines) is 1. The minimum Gasteiger partial charge on any atom is -0.303 e. The van der Waals surface area contributed by atoms with Gasteiger partial charge in [0.2, 0.25) is 0 Å². The number of rotatable bonds is 13. The van der Waals surface area contributed by atoms with E-state index in [9.17, 15) is 0 Å². The molecule has 1 nitrogen and oxygen atoms in total. The number of nitrogens with zero attached hydrogens (tertiary/aromatic N) is 1. The molecule has 120 valence electrons. The smallest absolute Gasteiger partial charge is 0.000750 e. The van der Waals surface area contributed by atoms with Gasteiger partial charge in [-0.15, -0.1) is 0 Å². The molecule has 20 heavy (non-hydrogen) atoms. The lowest BCUT2D eigenvalue weighted by Gasteiger charge is -2.14. The molecule has 0 aromatic carbocycles. The molecule has 1 saturated heterocycles. The highest BCUT2D eigenvalue weighted by Crippen LogP contribution is 2.16. The molecule has 0 aliphatic carbocycles. The van der Waals surface area contributed by atoms with Crippen molar-refractivity contribution in [3.63, 3.8) is 0 Å². The van der Waals surface area contributed by atoms with E-state index in [4.69, 9.17) is 0 Å². The Morgan fingerprint density at radius 3 is 1.70 bits per heavy atom. The van der Waals surface area contributed by atoms with Gasteiger partial charge < -0.3 is 4.90 Å². The summed E-state index contributed by atoms with van der Waals surface area (Å²) in [5.74, 6) is 0.951. The first-order valence-electron chi connectivity index (χ1n) is 9.55. The van der Waals surface area contributed by atoms with Crippen LogP contribution in [0.5, 0.6) is 0 Å². The Morgan fingerprint density at radius 1 is 0.750 bits per heavy atom. The minimum atomic E-state index is 0.951. The molecule has 1 rings (SSSR count). The maximum atomic E-state index is 2.67. The van der Waals surface area contributed by atoms with Gasteiger partial charge in [0.25, 0.3) is 0 Å². The average Bonchev–Trinajstić information content (AvgIpc) is 2.86. The normalized spacial score (nSPS) is 19.8. The highest BCUT2D eigenvalue weighted by molar-refractivity contribution is 4.71. The molecule has 1 fully saturated rings. The van der Waals surface area contributed by atoms with Gasteiger partial charge in [0.05, 0.1) is 0 Å². The van der Waals surface area contributed by atoms with Crippen LogP contribution in [0, 0.1) is 5.92 Å². The first-order chi connectivity index (χ1) is 9.83. The Morgan fingerprint density at radius 2 is 1.25 bits per heavy atom. The minimum absolute atomic E-state index is 0.951. The Kier molecular flexibility index (Phi) is 11.4. The first kappa shape index (κ1) is 18.0. The van der Waals surface area contributed by atoms with Crippen molar-refractivity contribution in [3.05, 3.63) is 0 Å². The quantitative estimate of drug-likeness (QED) is 0.373. The molecule has 1 unspecified atom stereocenters. The van der Waals surface area contributed by atoms with Crippen LogP contribution in [0.3, 0.4) is 0 Å². The summed E-state index contributed by atoms with van der Waals surface area (Å²) < 4.78 is 0. The highest BCUT2D eigenvalue weighted by Gasteiger charge is 2.17. The van der Waals surface area contributed by atoms with Crippen LogP contribution in [-0.2, 0) is 0 Å². The van der Waals surface area contributed by atoms with E-state index < -0.39 is 0 Å². The van der Waals surface area contributed by atoms with E-state index in [1.165, 1.54) is 103 Å². The van der Waals surface area contributed by atoms with Crippen LogP contribution in [0.4, 0.5) is 0 Å². The summed E-state index contributed by atoms with van der Waals surface area (Å²) in [5.41, 5.74) is 0. The zero-order chi connectivity index (χ0) is 14.5. The maximum absolute atomic E-state index is 2.67. The first-order valence-corrected chi connectivity index (χ1v) is 9.55. The third-order valence-electron chi connectivity index (χ3n) is 4.84. The predicted octanol–water partition coefficient (Wildman–Crippen LogP) is 6.03. The third kappa shape index (κ3) is 9.80. The van der Waals surface area contributed by atoms with E-state index >= 15 is 0 Å². The predicted molar refractivity (Wildman–Crippen MR) is 91.3 cm³/mol. The van der Waals surface area contributed by atoms with Crippen molar-refractivity contribution >= 4 is 0 Å². The van der Waals surface area contributed by atoms with Crippen molar-refractivity contribution in [2.24, 2.45) is 5.92 Å². The van der Waals surface area contributed by atoms with Gasteiger partial charge in [-0.3, -0.25) is 0 Å². The van der Waals surface area contributed by atoms with Crippen LogP contribution >= 0.6 is 0 Å². The highest BCUT2D eigenvalue weighted by atomic mass is 15.1. The number of hydrogen-bond acceptors (Lipinski definition) is 1. The molecule has 0 aromatic heterocycles. The average molecular weight is 282 g/mol. The van der Waals surface area contributed by atoms with Gasteiger partial charge in [-0.05, 0) is 31.8 Å². The lowest BCUT2D eigenvalue weighted by molar-refractivity contribution is 0.317. The Bertz CT molecular complexity index is 202. The largest absolute Gasteiger partial charge is 0.303 e. The summed E-state index contributed by atoms with van der Waals surface area (Å²) in [7, 11) is 0. The molecule has 0 amide bonds. The van der Waals surface area contributed by atoms with Gasteiger partial charge in [-0.2, -0.15) is 0 Å². The molecule has 0 N–H and O–H groups in total. The van der Waals surface area contributed by atoms with Crippen LogP contribution in [-0.4, -0.2) is 24.5 Å². The summed E-state index contributed by atoms with van der Waals surface area (Å²) in [5, 5.41) is 0. The van der Waals surface area contributed by atoms with Crippen molar-refractivity contribution in [1.29, 1.82) is 0 Å². The van der Waals surface area contributed by atoms with E-state index in [1.54, 1.807) is 0 Å². The summed E-state index contributed by atoms with van der Waals surface area (Å²) >= 11 is 0. The second-order valence-electron chi connectivity index (χ2n) is 7.08. The Labute approximate surface area is 128 Å². The van der Waals surface area contributed by atoms with E-state index in [1.807, 2.05) is 0 Å². The molecule has 0 spiro atoms. The van der Waals surface area contributed by atoms with Crippen LogP contribution in [0.25, 0.3) is 0 Å². The van der Waals surface area contributed by atoms with E-state index in [0.29, 0.717) is 0 Å². The summed E-state index contributed by atoms with van der Waals surface area (Å²) in [6.45, 7) is 8.77. The Hall–Kier alpha value is -0.0400. The topological polar surface area (TPSA) is 3.24 Å². The van der Waals surface area contributed by atoms with Gasteiger partial charge in [0.1, 0.15) is 0 Å². The van der Waals surface area contributed by atoms with Crippen molar-refractivity contribution in [3.8, 4) is 0 Å². The molecule has 0 saturated carbocycles. The zero-order valence-electron chi connectivity index (χ0n) is 14.3. The van der Waals surface area contributed by atoms with Gasteiger partial charge >= 0.3 is 0 Å². The molecule has 1 aliphatic heterocycles. The molecule has 1 aliphatic rings. The monoisotopic (exact) mass is 281 g/mol. The summed E-state index contributed by atoms with van der Waals surface area (Å²) in [4.78, 5) is 2.67. The van der Waals surface area contributed by atoms with Crippen LogP contribution in [0.1, 0.15) is 97.3 Å². The maximum Gasteiger partial charge on any atom is 0.000750 e. The van der Waals surface area contributed by atoms with E-state index in [0.717, 1.165) is 5.92 Å². The van der Waals surface area contributed by atoms with E-state index in [-0.39, 0.29) is 0 Å². The summed E-state index contributed by atoms with van der Waals surface area (Å²) in [6, 6.07) is 0. The third-order valence-corrected chi connectivity index (χ3v) is 4.84. The van der Waals surface area contributed by atoms with Crippen molar-refractivity contribution in [2.45, 2.75) is 97.3 Å². The Balaban J connectivity index is 1.70. The molecule has 0 aromatic rings. The molecule has 1 heteroatoms. The molecule has 1 atom stereocenters. The van der Waals surface area contributed by atoms with Crippen LogP contribution in [0.15, 0.2) is 0 Å². The van der Waals surface area contributed by atoms with Crippen LogP contribution < -0.4 is 0 Å². The van der Waals surface area contributed by atoms with Crippen molar-refractivity contribution in [1.82, 2.24) is 4.90 Å². The SMILES string of the molecule is CCCCCCCCCCCCCCN1CCC(C)C1. The van der Waals surface area contributed by atoms with Crippen LogP contribution in [0.2, 0.25) is 0 Å². The van der Waals surface area contributed by atoms with Crippen molar-refractivity contribution < 1.29 is 0 Å². The fraction of sp³-hybridized carbons (Fsp3) is 1.00. The van der Waals surface area contributed by atoms with Gasteiger partial charge in [0, 0.05) is 6.54 Å². The summed E-state index contributed by atoms with van der Waals surface area (Å²) in [6.07, 6.45) is 18.9. The molecular formula is C19H39N. The van der Waals surface area contributed by atoms with Gasteiger partial charge in [0.15, 0.2) is 0 Å². The second-order valence-corrected chi connectivity index (χ2v) is 7.08. The number of hydrogen-bond donors (Lipinski definition) is 0. The zero-order valence-corrected chi connectivity index (χ0v) is 14.3. The standard InChI is InChI=1S/C19H39N/c1-3-4-5-6-7-8-9-10-11-12-13-14-16-20-17-15-19(2)18-20/h19H,3-18H2,1-2H3. The molecule has 1 heterocycles. The van der Waals surface area contributed by atoms with Crippen molar-refractivity contribution in [2.75, 3.05) is 19.6 Å².